The van der Waals surface area contributed by atoms with E-state index < -0.39 is 11.7 Å². The highest BCUT2D eigenvalue weighted by Gasteiger charge is 2.42. The molecule has 10 heteroatoms. The van der Waals surface area contributed by atoms with E-state index in [1.54, 1.807) is 24.4 Å². The molecule has 2 amide bonds. The van der Waals surface area contributed by atoms with E-state index in [2.05, 4.69) is 36.1 Å². The van der Waals surface area contributed by atoms with E-state index in [0.29, 0.717) is 17.1 Å². The van der Waals surface area contributed by atoms with Gasteiger partial charge in [0.2, 0.25) is 5.95 Å². The maximum atomic E-state index is 15.8. The number of benzene rings is 1. The molecule has 8 nitrogen and oxygen atoms in total. The van der Waals surface area contributed by atoms with Gasteiger partial charge in [0.25, 0.3) is 0 Å². The summed E-state index contributed by atoms with van der Waals surface area (Å²) in [5.41, 5.74) is -1.27. The van der Waals surface area contributed by atoms with E-state index in [1.165, 1.54) is 19.1 Å². The molecule has 1 N–H and O–H groups in total. The Kier molecular flexibility index (Phi) is 6.17. The number of carbonyl (C=O) groups is 1. The summed E-state index contributed by atoms with van der Waals surface area (Å²) < 4.78 is 27.1. The molecular weight excluding hydrogens is 469 g/mol. The number of alkyl halides is 1. The van der Waals surface area contributed by atoms with Crippen molar-refractivity contribution in [1.29, 1.82) is 0 Å². The quantitative estimate of drug-likeness (QED) is 0.678. The van der Waals surface area contributed by atoms with Gasteiger partial charge in [0, 0.05) is 38.3 Å². The van der Waals surface area contributed by atoms with Crippen LogP contribution in [0, 0.1) is 0 Å². The van der Waals surface area contributed by atoms with Crippen LogP contribution in [0.5, 0.6) is 11.5 Å². The molecule has 31 heavy (non-hydrogen) atoms. The third kappa shape index (κ3) is 4.53. The van der Waals surface area contributed by atoms with Gasteiger partial charge in [-0.1, -0.05) is 0 Å². The van der Waals surface area contributed by atoms with E-state index in [9.17, 15) is 4.79 Å². The molecule has 1 unspecified atom stereocenters. The zero-order valence-electron chi connectivity index (χ0n) is 17.5. The Hall–Kier alpha value is -2.62. The number of urea groups is 1. The highest BCUT2D eigenvalue weighted by Crippen LogP contribution is 2.39. The number of ether oxygens (including phenoxy) is 2. The van der Waals surface area contributed by atoms with Gasteiger partial charge in [0.1, 0.15) is 17.3 Å². The topological polar surface area (TPSA) is 79.8 Å². The van der Waals surface area contributed by atoms with E-state index in [0.717, 1.165) is 36.2 Å². The Labute approximate surface area is 188 Å². The molecule has 166 valence electrons. The van der Waals surface area contributed by atoms with Gasteiger partial charge >= 0.3 is 6.03 Å². The second-order valence-corrected chi connectivity index (χ2v) is 8.58. The Bertz CT molecular complexity index is 950. The molecule has 0 radical (unpaired) electrons. The van der Waals surface area contributed by atoms with Crippen molar-refractivity contribution in [3.8, 4) is 11.5 Å². The smallest absolute Gasteiger partial charge is 0.324 e. The second kappa shape index (κ2) is 8.86. The lowest BCUT2D eigenvalue weighted by Gasteiger charge is -2.23. The number of halogens is 2. The lowest BCUT2D eigenvalue weighted by molar-refractivity contribution is 0.168. The molecule has 2 saturated heterocycles. The number of rotatable bonds is 5. The van der Waals surface area contributed by atoms with Gasteiger partial charge in [-0.25, -0.2) is 14.2 Å². The van der Waals surface area contributed by atoms with Gasteiger partial charge in [-0.3, -0.25) is 5.32 Å². The molecule has 1 aromatic heterocycles. The van der Waals surface area contributed by atoms with Crippen LogP contribution in [0.3, 0.4) is 0 Å². The fourth-order valence-corrected chi connectivity index (χ4v) is 4.43. The second-order valence-electron chi connectivity index (χ2n) is 7.73. The first-order valence-corrected chi connectivity index (χ1v) is 11.0. The minimum absolute atomic E-state index is 0.0787. The molecular formula is C21H25BrFN5O3. The predicted octanol–water partition coefficient (Wildman–Crippen LogP) is 3.96. The summed E-state index contributed by atoms with van der Waals surface area (Å²) in [7, 11) is 3.04. The van der Waals surface area contributed by atoms with Gasteiger partial charge in [-0.2, -0.15) is 4.98 Å². The predicted molar refractivity (Wildman–Crippen MR) is 119 cm³/mol. The Morgan fingerprint density at radius 1 is 1.16 bits per heavy atom. The highest BCUT2D eigenvalue weighted by atomic mass is 79.9. The number of anilines is 2. The lowest BCUT2D eigenvalue weighted by Crippen LogP contribution is -2.36. The van der Waals surface area contributed by atoms with Crippen LogP contribution < -0.4 is 19.7 Å². The largest absolute Gasteiger partial charge is 0.497 e. The first-order chi connectivity index (χ1) is 14.9. The van der Waals surface area contributed by atoms with Gasteiger partial charge in [0.05, 0.1) is 25.2 Å². The number of amides is 2. The van der Waals surface area contributed by atoms with Crippen LogP contribution in [0.15, 0.2) is 28.9 Å². The molecule has 2 aliphatic heterocycles. The Balaban J connectivity index is 1.47. The first kappa shape index (κ1) is 21.6. The van der Waals surface area contributed by atoms with Gasteiger partial charge < -0.3 is 19.3 Å². The van der Waals surface area contributed by atoms with E-state index in [4.69, 9.17) is 9.47 Å². The Morgan fingerprint density at radius 2 is 1.84 bits per heavy atom. The minimum atomic E-state index is -1.69. The van der Waals surface area contributed by atoms with Gasteiger partial charge in [-0.15, -0.1) is 0 Å². The summed E-state index contributed by atoms with van der Waals surface area (Å²) in [4.78, 5) is 25.1. The standard InChI is InChI=1S/C21H25BrFN5O3/c1-30-15-9-14(10-16(11-15)31-2)21(23)5-8-28(13-21)20(29)26-19-24-12-17(22)18(25-19)27-6-3-4-7-27/h9-12H,3-8,13H2,1-2H3,(H,24,25,26,29). The molecule has 0 spiro atoms. The Morgan fingerprint density at radius 3 is 2.48 bits per heavy atom. The highest BCUT2D eigenvalue weighted by molar-refractivity contribution is 9.10. The maximum absolute atomic E-state index is 15.8. The van der Waals surface area contributed by atoms with Crippen LogP contribution in [-0.4, -0.2) is 61.3 Å². The van der Waals surface area contributed by atoms with Crippen molar-refractivity contribution in [3.05, 3.63) is 34.4 Å². The fourth-order valence-electron chi connectivity index (χ4n) is 3.99. The summed E-state index contributed by atoms with van der Waals surface area (Å²) >= 11 is 3.48. The van der Waals surface area contributed by atoms with E-state index in [1.807, 2.05) is 0 Å². The summed E-state index contributed by atoms with van der Waals surface area (Å²) in [5, 5.41) is 2.71. The van der Waals surface area contributed by atoms with Crippen LogP contribution in [0.25, 0.3) is 0 Å². The summed E-state index contributed by atoms with van der Waals surface area (Å²) in [5.74, 6) is 1.97. The molecule has 3 heterocycles. The number of hydrogen-bond donors (Lipinski definition) is 1. The number of nitrogens with one attached hydrogen (secondary N) is 1. The monoisotopic (exact) mass is 493 g/mol. The number of hydrogen-bond acceptors (Lipinski definition) is 6. The number of methoxy groups -OCH3 is 2. The van der Waals surface area contributed by atoms with Crippen molar-refractivity contribution < 1.29 is 18.7 Å². The molecule has 4 rings (SSSR count). The minimum Gasteiger partial charge on any atom is -0.497 e. The molecule has 0 saturated carbocycles. The summed E-state index contributed by atoms with van der Waals surface area (Å²) in [6.45, 7) is 2.04. The average molecular weight is 494 g/mol. The summed E-state index contributed by atoms with van der Waals surface area (Å²) in [6, 6.07) is 4.55. The zero-order chi connectivity index (χ0) is 22.0. The molecule has 0 aliphatic carbocycles. The molecule has 1 aromatic carbocycles. The van der Waals surface area contributed by atoms with Gasteiger partial charge in [-0.05, 0) is 46.5 Å². The van der Waals surface area contributed by atoms with Crippen molar-refractivity contribution in [2.24, 2.45) is 0 Å². The van der Waals surface area contributed by atoms with Gasteiger partial charge in [0.15, 0.2) is 5.67 Å². The summed E-state index contributed by atoms with van der Waals surface area (Å²) in [6.07, 6.45) is 4.03. The van der Waals surface area contributed by atoms with Crippen LogP contribution >= 0.6 is 15.9 Å². The van der Waals surface area contributed by atoms with Crippen molar-refractivity contribution in [1.82, 2.24) is 14.9 Å². The molecule has 2 aromatic rings. The first-order valence-electron chi connectivity index (χ1n) is 10.2. The number of likely N-dealkylation sites (tertiary alicyclic amines) is 1. The third-order valence-corrected chi connectivity index (χ3v) is 6.28. The van der Waals surface area contributed by atoms with Crippen LogP contribution in [0.2, 0.25) is 0 Å². The number of aromatic nitrogens is 2. The van der Waals surface area contributed by atoms with Crippen molar-refractivity contribution >= 4 is 33.7 Å². The fraction of sp³-hybridized carbons (Fsp3) is 0.476. The van der Waals surface area contributed by atoms with Crippen LogP contribution in [-0.2, 0) is 5.67 Å². The van der Waals surface area contributed by atoms with Crippen molar-refractivity contribution in [3.63, 3.8) is 0 Å². The normalized spacial score (nSPS) is 20.8. The lowest BCUT2D eigenvalue weighted by atomic mass is 9.94. The third-order valence-electron chi connectivity index (χ3n) is 5.73. The maximum Gasteiger partial charge on any atom is 0.324 e. The molecule has 0 bridgehead atoms. The average Bonchev–Trinajstić information content (AvgIpc) is 3.45. The number of carbonyl (C=O) groups excluding carboxylic acids is 1. The van der Waals surface area contributed by atoms with Crippen LogP contribution in [0.4, 0.5) is 21.0 Å². The van der Waals surface area contributed by atoms with E-state index >= 15 is 4.39 Å². The van der Waals surface area contributed by atoms with Crippen molar-refractivity contribution in [2.75, 3.05) is 50.6 Å². The SMILES string of the molecule is COc1cc(OC)cc(C2(F)CCN(C(=O)Nc3ncc(Br)c(N4CCCC4)n3)C2)c1. The number of nitrogens with zero attached hydrogens (tertiary/aromatic N) is 4. The molecule has 2 aliphatic rings. The molecule has 1 atom stereocenters. The zero-order valence-corrected chi connectivity index (χ0v) is 19.1. The molecule has 2 fully saturated rings. The van der Waals surface area contributed by atoms with E-state index in [-0.39, 0.29) is 25.5 Å². The van der Waals surface area contributed by atoms with Crippen molar-refractivity contribution in [2.45, 2.75) is 24.9 Å². The van der Waals surface area contributed by atoms with Crippen LogP contribution in [0.1, 0.15) is 24.8 Å².